The topological polar surface area (TPSA) is 68.5 Å². The van der Waals surface area contributed by atoms with Gasteiger partial charge < -0.3 is 14.2 Å². The van der Waals surface area contributed by atoms with Gasteiger partial charge in [-0.25, -0.2) is 0 Å². The van der Waals surface area contributed by atoms with Gasteiger partial charge in [-0.1, -0.05) is 16.8 Å². The molecule has 0 spiro atoms. The lowest BCUT2D eigenvalue weighted by molar-refractivity contribution is -0.139. The van der Waals surface area contributed by atoms with Gasteiger partial charge in [0.2, 0.25) is 5.89 Å². The Hall–Kier alpha value is -2.08. The summed E-state index contributed by atoms with van der Waals surface area (Å²) in [6.07, 6.45) is 1.80. The monoisotopic (exact) mass is 347 g/mol. The third-order valence-electron chi connectivity index (χ3n) is 4.67. The fraction of sp³-hybridized carbons (Fsp3) is 0.471. The molecule has 126 valence electrons. The highest BCUT2D eigenvalue weighted by atomic mass is 35.5. The lowest BCUT2D eigenvalue weighted by atomic mass is 9.96. The molecule has 2 aliphatic heterocycles. The van der Waals surface area contributed by atoms with Crippen molar-refractivity contribution in [1.82, 2.24) is 15.0 Å². The maximum atomic E-state index is 12.7. The van der Waals surface area contributed by atoms with Crippen LogP contribution in [0.5, 0.6) is 5.75 Å². The predicted octanol–water partition coefficient (Wildman–Crippen LogP) is 2.74. The van der Waals surface area contributed by atoms with Crippen molar-refractivity contribution in [3.8, 4) is 5.75 Å². The Labute approximate surface area is 144 Å². The number of hydrogen-bond donors (Lipinski definition) is 0. The van der Waals surface area contributed by atoms with Gasteiger partial charge in [-0.15, -0.1) is 0 Å². The lowest BCUT2D eigenvalue weighted by Crippen LogP contribution is -2.45. The van der Waals surface area contributed by atoms with Crippen LogP contribution in [0, 0.1) is 6.92 Å². The van der Waals surface area contributed by atoms with Gasteiger partial charge in [-0.05, 0) is 43.5 Å². The Morgan fingerprint density at radius 1 is 1.33 bits per heavy atom. The second-order valence-corrected chi connectivity index (χ2v) is 6.78. The molecule has 0 N–H and O–H groups in total. The van der Waals surface area contributed by atoms with Crippen LogP contribution in [0.25, 0.3) is 0 Å². The number of carbonyl (C=O) groups is 1. The summed E-state index contributed by atoms with van der Waals surface area (Å²) in [5.41, 5.74) is 0.997. The largest absolute Gasteiger partial charge is 0.480 e. The standard InChI is InChI=1S/C17H18ClN3O3/c1-10-19-16(24-20-10)11-4-6-21(7-5-11)17(22)15-9-12-8-13(18)2-3-14(12)23-15/h2-3,8,11,15H,4-7,9H2,1H3/t15-/m1/s1. The average Bonchev–Trinajstić information content (AvgIpc) is 3.20. The molecule has 1 aromatic carbocycles. The van der Waals surface area contributed by atoms with Gasteiger partial charge in [0.05, 0.1) is 0 Å². The van der Waals surface area contributed by atoms with Crippen molar-refractivity contribution in [1.29, 1.82) is 0 Å². The van der Waals surface area contributed by atoms with E-state index in [4.69, 9.17) is 20.9 Å². The van der Waals surface area contributed by atoms with Crippen molar-refractivity contribution < 1.29 is 14.1 Å². The molecule has 7 heteroatoms. The molecule has 1 atom stereocenters. The number of nitrogens with zero attached hydrogens (tertiary/aromatic N) is 3. The van der Waals surface area contributed by atoms with Crippen molar-refractivity contribution in [2.45, 2.75) is 38.2 Å². The molecule has 1 aromatic heterocycles. The minimum atomic E-state index is -0.444. The molecule has 2 aliphatic rings. The van der Waals surface area contributed by atoms with E-state index < -0.39 is 6.10 Å². The molecule has 0 bridgehead atoms. The van der Waals surface area contributed by atoms with Crippen LogP contribution in [-0.2, 0) is 11.2 Å². The molecule has 4 rings (SSSR count). The first-order valence-corrected chi connectivity index (χ1v) is 8.52. The van der Waals surface area contributed by atoms with E-state index in [-0.39, 0.29) is 11.8 Å². The van der Waals surface area contributed by atoms with Gasteiger partial charge in [0.25, 0.3) is 5.91 Å². The number of ether oxygens (including phenoxy) is 1. The number of rotatable bonds is 2. The number of hydrogen-bond acceptors (Lipinski definition) is 5. The van der Waals surface area contributed by atoms with Crippen LogP contribution in [0.1, 0.15) is 36.0 Å². The first kappa shape index (κ1) is 15.4. The van der Waals surface area contributed by atoms with Gasteiger partial charge in [0.1, 0.15) is 5.75 Å². The van der Waals surface area contributed by atoms with Crippen LogP contribution in [0.2, 0.25) is 5.02 Å². The number of fused-ring (bicyclic) bond motifs is 1. The second-order valence-electron chi connectivity index (χ2n) is 6.34. The molecule has 24 heavy (non-hydrogen) atoms. The predicted molar refractivity (Wildman–Crippen MR) is 87.2 cm³/mol. The van der Waals surface area contributed by atoms with E-state index in [1.54, 1.807) is 6.07 Å². The fourth-order valence-electron chi connectivity index (χ4n) is 3.38. The van der Waals surface area contributed by atoms with E-state index in [1.807, 2.05) is 24.0 Å². The molecule has 1 amide bonds. The highest BCUT2D eigenvalue weighted by molar-refractivity contribution is 6.30. The highest BCUT2D eigenvalue weighted by Gasteiger charge is 2.35. The van der Waals surface area contributed by atoms with Gasteiger partial charge >= 0.3 is 0 Å². The number of piperidine rings is 1. The molecule has 3 heterocycles. The van der Waals surface area contributed by atoms with Gasteiger partial charge in [0.15, 0.2) is 11.9 Å². The molecule has 6 nitrogen and oxygen atoms in total. The molecule has 0 saturated carbocycles. The zero-order valence-electron chi connectivity index (χ0n) is 13.4. The fourth-order valence-corrected chi connectivity index (χ4v) is 3.58. The van der Waals surface area contributed by atoms with Crippen molar-refractivity contribution in [2.24, 2.45) is 0 Å². The van der Waals surface area contributed by atoms with E-state index >= 15 is 0 Å². The zero-order valence-corrected chi connectivity index (χ0v) is 14.1. The molecular formula is C17H18ClN3O3. The maximum Gasteiger partial charge on any atom is 0.263 e. The molecule has 0 aliphatic carbocycles. The third-order valence-corrected chi connectivity index (χ3v) is 4.91. The van der Waals surface area contributed by atoms with E-state index in [9.17, 15) is 4.79 Å². The molecular weight excluding hydrogens is 330 g/mol. The summed E-state index contributed by atoms with van der Waals surface area (Å²) < 4.78 is 11.1. The Kier molecular flexibility index (Phi) is 3.92. The summed E-state index contributed by atoms with van der Waals surface area (Å²) in [4.78, 5) is 18.9. The maximum absolute atomic E-state index is 12.7. The van der Waals surface area contributed by atoms with Gasteiger partial charge in [-0.3, -0.25) is 4.79 Å². The summed E-state index contributed by atoms with van der Waals surface area (Å²) in [5.74, 6) is 2.37. The highest BCUT2D eigenvalue weighted by Crippen LogP contribution is 2.33. The number of aromatic nitrogens is 2. The number of carbonyl (C=O) groups excluding carboxylic acids is 1. The first-order valence-electron chi connectivity index (χ1n) is 8.14. The molecule has 2 aromatic rings. The summed E-state index contributed by atoms with van der Waals surface area (Å²) in [5, 5.41) is 4.51. The van der Waals surface area contributed by atoms with Crippen LogP contribution < -0.4 is 4.74 Å². The number of likely N-dealkylation sites (tertiary alicyclic amines) is 1. The first-order chi connectivity index (χ1) is 11.6. The Bertz CT molecular complexity index is 768. The molecule has 0 unspecified atom stereocenters. The minimum Gasteiger partial charge on any atom is -0.480 e. The molecule has 1 fully saturated rings. The Morgan fingerprint density at radius 3 is 2.83 bits per heavy atom. The van der Waals surface area contributed by atoms with Crippen LogP contribution in [0.3, 0.4) is 0 Å². The van der Waals surface area contributed by atoms with Crippen LogP contribution in [-0.4, -0.2) is 40.1 Å². The minimum absolute atomic E-state index is 0.0440. The van der Waals surface area contributed by atoms with Crippen molar-refractivity contribution >= 4 is 17.5 Å². The number of aryl methyl sites for hydroxylation is 1. The molecule has 0 radical (unpaired) electrons. The SMILES string of the molecule is Cc1noc(C2CCN(C(=O)[C@H]3Cc4cc(Cl)ccc4O3)CC2)n1. The van der Waals surface area contributed by atoms with Crippen LogP contribution in [0.4, 0.5) is 0 Å². The normalized spacial score (nSPS) is 20.8. The second kappa shape index (κ2) is 6.09. The Morgan fingerprint density at radius 2 is 2.12 bits per heavy atom. The van der Waals surface area contributed by atoms with E-state index in [1.165, 1.54) is 0 Å². The van der Waals surface area contributed by atoms with Crippen molar-refractivity contribution in [2.75, 3.05) is 13.1 Å². The number of amides is 1. The summed E-state index contributed by atoms with van der Waals surface area (Å²) in [6.45, 7) is 3.18. The van der Waals surface area contributed by atoms with Gasteiger partial charge in [-0.2, -0.15) is 4.98 Å². The Balaban J connectivity index is 1.37. The van der Waals surface area contributed by atoms with Crippen LogP contribution in [0.15, 0.2) is 22.7 Å². The number of benzene rings is 1. The summed E-state index contributed by atoms with van der Waals surface area (Å²) in [7, 11) is 0. The molecule has 1 saturated heterocycles. The van der Waals surface area contributed by atoms with Gasteiger partial charge in [0, 0.05) is 30.5 Å². The van der Waals surface area contributed by atoms with E-state index in [0.29, 0.717) is 36.2 Å². The van der Waals surface area contributed by atoms with Crippen LogP contribution >= 0.6 is 11.6 Å². The quantitative estimate of drug-likeness (QED) is 0.835. The zero-order chi connectivity index (χ0) is 16.7. The van der Waals surface area contributed by atoms with Crippen molar-refractivity contribution in [3.63, 3.8) is 0 Å². The smallest absolute Gasteiger partial charge is 0.263 e. The summed E-state index contributed by atoms with van der Waals surface area (Å²) >= 11 is 6.00. The third kappa shape index (κ3) is 2.86. The number of halogens is 1. The average molecular weight is 348 g/mol. The van der Waals surface area contributed by atoms with E-state index in [2.05, 4.69) is 10.1 Å². The lowest BCUT2D eigenvalue weighted by Gasteiger charge is -2.31. The van der Waals surface area contributed by atoms with Crippen molar-refractivity contribution in [3.05, 3.63) is 40.5 Å². The summed E-state index contributed by atoms with van der Waals surface area (Å²) in [6, 6.07) is 5.48. The van der Waals surface area contributed by atoms with E-state index in [0.717, 1.165) is 24.2 Å².